The Labute approximate surface area is 135 Å². The molecule has 0 unspecified atom stereocenters. The van der Waals surface area contributed by atoms with Gasteiger partial charge in [0.15, 0.2) is 0 Å². The summed E-state index contributed by atoms with van der Waals surface area (Å²) in [6, 6.07) is 3.95. The van der Waals surface area contributed by atoms with Crippen LogP contribution in [0.4, 0.5) is 4.39 Å². The van der Waals surface area contributed by atoms with E-state index in [-0.39, 0.29) is 30.4 Å². The van der Waals surface area contributed by atoms with Crippen molar-refractivity contribution in [1.29, 1.82) is 0 Å². The van der Waals surface area contributed by atoms with Crippen molar-refractivity contribution >= 4 is 15.9 Å². The molecule has 1 aliphatic heterocycles. The number of carbonyl (C=O) groups is 1. The largest absolute Gasteiger partial charge is 0.379 e. The van der Waals surface area contributed by atoms with Crippen molar-refractivity contribution in [2.45, 2.75) is 13.0 Å². The topological polar surface area (TPSA) is 75.7 Å². The van der Waals surface area contributed by atoms with Gasteiger partial charge < -0.3 is 10.1 Å². The number of benzene rings is 1. The van der Waals surface area contributed by atoms with Crippen molar-refractivity contribution in [2.75, 3.05) is 33.1 Å². The molecular weight excluding hydrogens is 323 g/mol. The minimum Gasteiger partial charge on any atom is -0.379 e. The normalized spacial score (nSPS) is 21.6. The van der Waals surface area contributed by atoms with Gasteiger partial charge in [-0.2, -0.15) is 0 Å². The molecule has 1 saturated heterocycles. The molecule has 1 aromatic rings. The first kappa shape index (κ1) is 17.8. The number of nitrogens with zero attached hydrogens (tertiary/aromatic N) is 1. The highest BCUT2D eigenvalue weighted by atomic mass is 32.2. The number of aryl methyl sites for hydroxylation is 1. The zero-order valence-corrected chi connectivity index (χ0v) is 14.2. The average molecular weight is 344 g/mol. The fraction of sp³-hybridized carbons (Fsp3) is 0.533. The molecule has 128 valence electrons. The molecule has 2 rings (SSSR count). The Bertz CT molecular complexity index is 670. The van der Waals surface area contributed by atoms with E-state index in [1.165, 1.54) is 26.2 Å². The van der Waals surface area contributed by atoms with E-state index in [4.69, 9.17) is 4.74 Å². The molecule has 0 radical (unpaired) electrons. The van der Waals surface area contributed by atoms with E-state index in [1.54, 1.807) is 13.0 Å². The smallest absolute Gasteiger partial charge is 0.254 e. The van der Waals surface area contributed by atoms with Gasteiger partial charge in [-0.3, -0.25) is 4.79 Å². The number of sulfonamides is 1. The van der Waals surface area contributed by atoms with Crippen molar-refractivity contribution in [3.05, 3.63) is 35.1 Å². The maximum absolute atomic E-state index is 13.9. The van der Waals surface area contributed by atoms with Crippen LogP contribution in [0.2, 0.25) is 0 Å². The molecule has 1 aromatic carbocycles. The Morgan fingerprint density at radius 1 is 1.39 bits per heavy atom. The van der Waals surface area contributed by atoms with E-state index >= 15 is 0 Å². The lowest BCUT2D eigenvalue weighted by Crippen LogP contribution is -2.44. The lowest BCUT2D eigenvalue weighted by molar-refractivity contribution is 0.0921. The van der Waals surface area contributed by atoms with Crippen LogP contribution in [-0.2, 0) is 14.8 Å². The molecule has 0 aliphatic carbocycles. The summed E-state index contributed by atoms with van der Waals surface area (Å²) in [6.45, 7) is 2.11. The summed E-state index contributed by atoms with van der Waals surface area (Å²) >= 11 is 0. The average Bonchev–Trinajstić information content (AvgIpc) is 2.84. The molecule has 1 aliphatic rings. The second-order valence-electron chi connectivity index (χ2n) is 5.87. The molecule has 0 aromatic heterocycles. The lowest BCUT2D eigenvalue weighted by atomic mass is 10.0. The summed E-state index contributed by atoms with van der Waals surface area (Å²) in [5.41, 5.74) is 0.507. The molecule has 1 N–H and O–H groups in total. The third-order valence-electron chi connectivity index (χ3n) is 3.94. The number of rotatable bonds is 5. The fourth-order valence-electron chi connectivity index (χ4n) is 2.50. The van der Waals surface area contributed by atoms with E-state index in [0.29, 0.717) is 5.56 Å². The Kier molecular flexibility index (Phi) is 5.38. The van der Waals surface area contributed by atoms with Gasteiger partial charge in [0.25, 0.3) is 5.91 Å². The standard InChI is InChI=1S/C15H21FN2O4S/c1-10-5-4-6-12(16)14(10)15(19)17-13-8-22-7-11(13)9-23(20,21)18(2)3/h4-6,11,13H,7-9H2,1-3H3,(H,17,19)/t11-,13+/m0/s1. The predicted molar refractivity (Wildman–Crippen MR) is 84.2 cm³/mol. The minimum atomic E-state index is -3.40. The first-order valence-electron chi connectivity index (χ1n) is 7.26. The molecule has 6 nitrogen and oxygen atoms in total. The first-order valence-corrected chi connectivity index (χ1v) is 8.87. The Hall–Kier alpha value is -1.51. The zero-order chi connectivity index (χ0) is 17.2. The van der Waals surface area contributed by atoms with Gasteiger partial charge in [0.1, 0.15) is 5.82 Å². The number of hydrogen-bond acceptors (Lipinski definition) is 4. The molecule has 0 spiro atoms. The number of halogens is 1. The Morgan fingerprint density at radius 2 is 2.09 bits per heavy atom. The second kappa shape index (κ2) is 6.94. The summed E-state index contributed by atoms with van der Waals surface area (Å²) < 4.78 is 44.3. The van der Waals surface area contributed by atoms with Crippen LogP contribution in [-0.4, -0.2) is 57.7 Å². The van der Waals surface area contributed by atoms with E-state index in [2.05, 4.69) is 5.32 Å². The molecular formula is C15H21FN2O4S. The second-order valence-corrected chi connectivity index (χ2v) is 8.10. The Morgan fingerprint density at radius 3 is 2.70 bits per heavy atom. The fourth-order valence-corrected chi connectivity index (χ4v) is 3.67. The third kappa shape index (κ3) is 4.07. The summed E-state index contributed by atoms with van der Waals surface area (Å²) in [5, 5.41) is 2.70. The number of ether oxygens (including phenoxy) is 1. The summed E-state index contributed by atoms with van der Waals surface area (Å²) in [4.78, 5) is 12.3. The summed E-state index contributed by atoms with van der Waals surface area (Å²) in [5.74, 6) is -1.64. The van der Waals surface area contributed by atoms with Gasteiger partial charge >= 0.3 is 0 Å². The summed E-state index contributed by atoms with van der Waals surface area (Å²) in [6.07, 6.45) is 0. The van der Waals surface area contributed by atoms with Crippen LogP contribution >= 0.6 is 0 Å². The lowest BCUT2D eigenvalue weighted by Gasteiger charge is -2.21. The minimum absolute atomic E-state index is 0.0198. The van der Waals surface area contributed by atoms with E-state index in [9.17, 15) is 17.6 Å². The molecule has 8 heteroatoms. The molecule has 0 bridgehead atoms. The van der Waals surface area contributed by atoms with Gasteiger partial charge in [0.05, 0.1) is 30.6 Å². The third-order valence-corrected chi connectivity index (χ3v) is 5.91. The van der Waals surface area contributed by atoms with Crippen molar-refractivity contribution in [3.8, 4) is 0 Å². The van der Waals surface area contributed by atoms with Gasteiger partial charge in [0, 0.05) is 20.0 Å². The predicted octanol–water partition coefficient (Wildman–Crippen LogP) is 0.770. The molecule has 1 amide bonds. The van der Waals surface area contributed by atoms with Crippen molar-refractivity contribution in [2.24, 2.45) is 5.92 Å². The van der Waals surface area contributed by atoms with Crippen LogP contribution in [0.3, 0.4) is 0 Å². The SMILES string of the molecule is Cc1cccc(F)c1C(=O)N[C@@H]1COC[C@H]1CS(=O)(=O)N(C)C. The highest BCUT2D eigenvalue weighted by molar-refractivity contribution is 7.89. The van der Waals surface area contributed by atoms with Crippen LogP contribution in [0.5, 0.6) is 0 Å². The van der Waals surface area contributed by atoms with E-state index < -0.39 is 27.8 Å². The van der Waals surface area contributed by atoms with Crippen molar-refractivity contribution < 1.29 is 22.3 Å². The van der Waals surface area contributed by atoms with Crippen LogP contribution in [0.25, 0.3) is 0 Å². The van der Waals surface area contributed by atoms with E-state index in [0.717, 1.165) is 4.31 Å². The zero-order valence-electron chi connectivity index (χ0n) is 13.4. The van der Waals surface area contributed by atoms with Crippen LogP contribution in [0.1, 0.15) is 15.9 Å². The van der Waals surface area contributed by atoms with Gasteiger partial charge in [-0.25, -0.2) is 17.1 Å². The maximum atomic E-state index is 13.9. The van der Waals surface area contributed by atoms with Crippen LogP contribution in [0.15, 0.2) is 18.2 Å². The molecule has 2 atom stereocenters. The van der Waals surface area contributed by atoms with Gasteiger partial charge in [0.2, 0.25) is 10.0 Å². The highest BCUT2D eigenvalue weighted by Crippen LogP contribution is 2.19. The summed E-state index contributed by atoms with van der Waals surface area (Å²) in [7, 11) is -0.484. The van der Waals surface area contributed by atoms with Gasteiger partial charge in [-0.05, 0) is 18.6 Å². The number of hydrogen-bond donors (Lipinski definition) is 1. The quantitative estimate of drug-likeness (QED) is 0.856. The monoisotopic (exact) mass is 344 g/mol. The molecule has 1 heterocycles. The Balaban J connectivity index is 2.11. The molecule has 1 fully saturated rings. The van der Waals surface area contributed by atoms with Gasteiger partial charge in [-0.15, -0.1) is 0 Å². The number of nitrogens with one attached hydrogen (secondary N) is 1. The van der Waals surface area contributed by atoms with Crippen molar-refractivity contribution in [3.63, 3.8) is 0 Å². The van der Waals surface area contributed by atoms with Gasteiger partial charge in [-0.1, -0.05) is 12.1 Å². The first-order chi connectivity index (χ1) is 10.7. The van der Waals surface area contributed by atoms with Crippen molar-refractivity contribution in [1.82, 2.24) is 9.62 Å². The number of carbonyl (C=O) groups excluding carboxylic acids is 1. The van der Waals surface area contributed by atoms with Crippen LogP contribution in [0, 0.1) is 18.7 Å². The van der Waals surface area contributed by atoms with Crippen LogP contribution < -0.4 is 5.32 Å². The van der Waals surface area contributed by atoms with E-state index in [1.807, 2.05) is 0 Å². The maximum Gasteiger partial charge on any atom is 0.254 e. The number of amides is 1. The molecule has 0 saturated carbocycles. The highest BCUT2D eigenvalue weighted by Gasteiger charge is 2.34. The molecule has 23 heavy (non-hydrogen) atoms.